The fraction of sp³-hybridized carbons (Fsp3) is 0.789. The van der Waals surface area contributed by atoms with Gasteiger partial charge in [-0.2, -0.15) is 0 Å². The molecule has 0 heterocycles. The van der Waals surface area contributed by atoms with E-state index in [4.69, 9.17) is 4.74 Å². The van der Waals surface area contributed by atoms with Crippen molar-refractivity contribution in [3.8, 4) is 0 Å². The first-order valence-corrected chi connectivity index (χ1v) is 8.72. The van der Waals surface area contributed by atoms with Crippen molar-refractivity contribution >= 4 is 0 Å². The average molecular weight is 276 g/mol. The van der Waals surface area contributed by atoms with Gasteiger partial charge in [0.15, 0.2) is 0 Å². The van der Waals surface area contributed by atoms with Crippen LogP contribution in [0.3, 0.4) is 0 Å². The Kier molecular flexibility index (Phi) is 6.86. The fourth-order valence-corrected chi connectivity index (χ4v) is 4.07. The third-order valence-electron chi connectivity index (χ3n) is 5.30. The van der Waals surface area contributed by atoms with Crippen molar-refractivity contribution in [2.45, 2.75) is 70.8 Å². The Labute approximate surface area is 125 Å². The van der Waals surface area contributed by atoms with Crippen molar-refractivity contribution in [3.05, 3.63) is 24.8 Å². The lowest BCUT2D eigenvalue weighted by molar-refractivity contribution is 0.0220. The molecule has 20 heavy (non-hydrogen) atoms. The molecule has 1 nitrogen and oxygen atoms in total. The summed E-state index contributed by atoms with van der Waals surface area (Å²) < 4.78 is 5.80. The van der Waals surface area contributed by atoms with Crippen molar-refractivity contribution in [1.82, 2.24) is 0 Å². The van der Waals surface area contributed by atoms with E-state index in [-0.39, 0.29) is 0 Å². The molecule has 0 aromatic rings. The molecule has 0 aromatic carbocycles. The molecular formula is C19H32O. The van der Waals surface area contributed by atoms with Crippen LogP contribution < -0.4 is 0 Å². The van der Waals surface area contributed by atoms with Gasteiger partial charge in [-0.1, -0.05) is 25.2 Å². The maximum atomic E-state index is 5.80. The summed E-state index contributed by atoms with van der Waals surface area (Å²) in [6.07, 6.45) is 19.5. The lowest BCUT2D eigenvalue weighted by Crippen LogP contribution is -2.28. The predicted molar refractivity (Wildman–Crippen MR) is 86.8 cm³/mol. The summed E-state index contributed by atoms with van der Waals surface area (Å²) in [6, 6.07) is 0. The second-order valence-electron chi connectivity index (χ2n) is 6.67. The van der Waals surface area contributed by atoms with E-state index in [2.05, 4.69) is 25.7 Å². The van der Waals surface area contributed by atoms with Crippen LogP contribution in [-0.2, 0) is 4.74 Å². The first-order chi connectivity index (χ1) is 9.83. The second kappa shape index (κ2) is 8.67. The predicted octanol–water partition coefficient (Wildman–Crippen LogP) is 5.52. The van der Waals surface area contributed by atoms with E-state index in [1.165, 1.54) is 57.8 Å². The Balaban J connectivity index is 1.67. The molecule has 0 bridgehead atoms. The zero-order chi connectivity index (χ0) is 14.2. The Morgan fingerprint density at radius 3 is 2.10 bits per heavy atom. The van der Waals surface area contributed by atoms with Crippen LogP contribution in [0.15, 0.2) is 24.8 Å². The third-order valence-corrected chi connectivity index (χ3v) is 5.30. The van der Waals surface area contributed by atoms with E-state index in [9.17, 15) is 0 Å². The molecule has 0 amide bonds. The van der Waals surface area contributed by atoms with Crippen LogP contribution >= 0.6 is 0 Å². The molecule has 0 N–H and O–H groups in total. The van der Waals surface area contributed by atoms with Gasteiger partial charge in [0, 0.05) is 0 Å². The highest BCUT2D eigenvalue weighted by Crippen LogP contribution is 2.40. The van der Waals surface area contributed by atoms with Crippen molar-refractivity contribution < 1.29 is 4.74 Å². The van der Waals surface area contributed by atoms with Crippen LogP contribution in [0.2, 0.25) is 0 Å². The van der Waals surface area contributed by atoms with Crippen LogP contribution in [0.5, 0.6) is 0 Å². The zero-order valence-corrected chi connectivity index (χ0v) is 13.2. The molecule has 0 radical (unpaired) electrons. The van der Waals surface area contributed by atoms with Gasteiger partial charge < -0.3 is 4.74 Å². The molecule has 1 heteroatoms. The largest absolute Gasteiger partial charge is 0.374 e. The SMILES string of the molecule is C=CCOC1CCC(C2CCC(/C=C/CC)CC2)CC1. The van der Waals surface area contributed by atoms with E-state index < -0.39 is 0 Å². The van der Waals surface area contributed by atoms with E-state index in [0.717, 1.165) is 24.4 Å². The molecule has 0 aliphatic heterocycles. The molecule has 114 valence electrons. The van der Waals surface area contributed by atoms with Crippen LogP contribution in [-0.4, -0.2) is 12.7 Å². The summed E-state index contributed by atoms with van der Waals surface area (Å²) in [5, 5.41) is 0. The van der Waals surface area contributed by atoms with E-state index in [1.54, 1.807) is 0 Å². The second-order valence-corrected chi connectivity index (χ2v) is 6.67. The highest BCUT2D eigenvalue weighted by molar-refractivity contribution is 4.92. The minimum atomic E-state index is 0.507. The van der Waals surface area contributed by atoms with E-state index >= 15 is 0 Å². The highest BCUT2D eigenvalue weighted by Gasteiger charge is 2.30. The van der Waals surface area contributed by atoms with E-state index in [0.29, 0.717) is 6.10 Å². The van der Waals surface area contributed by atoms with Crippen LogP contribution in [0.4, 0.5) is 0 Å². The number of hydrogen-bond donors (Lipinski definition) is 0. The number of rotatable bonds is 6. The molecular weight excluding hydrogens is 244 g/mol. The van der Waals surface area contributed by atoms with Crippen LogP contribution in [0.25, 0.3) is 0 Å². The fourth-order valence-electron chi connectivity index (χ4n) is 4.07. The van der Waals surface area contributed by atoms with Gasteiger partial charge >= 0.3 is 0 Å². The minimum absolute atomic E-state index is 0.507. The molecule has 0 saturated heterocycles. The van der Waals surface area contributed by atoms with Crippen LogP contribution in [0, 0.1) is 17.8 Å². The van der Waals surface area contributed by atoms with Crippen molar-refractivity contribution in [1.29, 1.82) is 0 Å². The van der Waals surface area contributed by atoms with Gasteiger partial charge in [-0.3, -0.25) is 0 Å². The molecule has 2 saturated carbocycles. The molecule has 2 fully saturated rings. The third kappa shape index (κ3) is 4.77. The standard InChI is InChI=1S/C19H32O/c1-3-5-6-16-7-9-17(10-8-16)18-11-13-19(14-12-18)20-15-4-2/h4-6,16-19H,2-3,7-15H2,1H3/b6-5+. The van der Waals surface area contributed by atoms with Crippen molar-refractivity contribution in [2.75, 3.05) is 6.61 Å². The monoisotopic (exact) mass is 276 g/mol. The lowest BCUT2D eigenvalue weighted by Gasteiger charge is -2.37. The summed E-state index contributed by atoms with van der Waals surface area (Å²) in [6.45, 7) is 6.69. The van der Waals surface area contributed by atoms with Gasteiger partial charge in [0.25, 0.3) is 0 Å². The van der Waals surface area contributed by atoms with Gasteiger partial charge in [0.05, 0.1) is 12.7 Å². The van der Waals surface area contributed by atoms with Gasteiger partial charge in [-0.15, -0.1) is 6.58 Å². The Morgan fingerprint density at radius 2 is 1.55 bits per heavy atom. The maximum absolute atomic E-state index is 5.80. The Hall–Kier alpha value is -0.560. The molecule has 0 unspecified atom stereocenters. The van der Waals surface area contributed by atoms with Gasteiger partial charge in [0.2, 0.25) is 0 Å². The van der Waals surface area contributed by atoms with Crippen LogP contribution in [0.1, 0.15) is 64.7 Å². The highest BCUT2D eigenvalue weighted by atomic mass is 16.5. The summed E-state index contributed by atoms with van der Waals surface area (Å²) in [4.78, 5) is 0. The number of allylic oxidation sites excluding steroid dienone is 2. The quantitative estimate of drug-likeness (QED) is 0.580. The molecule has 2 aliphatic carbocycles. The van der Waals surface area contributed by atoms with Gasteiger partial charge in [-0.25, -0.2) is 0 Å². The van der Waals surface area contributed by atoms with Gasteiger partial charge in [-0.05, 0) is 75.5 Å². The summed E-state index contributed by atoms with van der Waals surface area (Å²) in [5.41, 5.74) is 0. The van der Waals surface area contributed by atoms with Crippen molar-refractivity contribution in [3.63, 3.8) is 0 Å². The summed E-state index contributed by atoms with van der Waals surface area (Å²) in [7, 11) is 0. The minimum Gasteiger partial charge on any atom is -0.374 e. The molecule has 0 aromatic heterocycles. The van der Waals surface area contributed by atoms with Gasteiger partial charge in [0.1, 0.15) is 0 Å². The average Bonchev–Trinajstić information content (AvgIpc) is 2.52. The normalized spacial score (nSPS) is 35.2. The van der Waals surface area contributed by atoms with Crippen molar-refractivity contribution in [2.24, 2.45) is 17.8 Å². The Morgan fingerprint density at radius 1 is 0.950 bits per heavy atom. The molecule has 0 atom stereocenters. The first-order valence-electron chi connectivity index (χ1n) is 8.72. The molecule has 2 aliphatic rings. The molecule has 2 rings (SSSR count). The smallest absolute Gasteiger partial charge is 0.0648 e. The number of hydrogen-bond acceptors (Lipinski definition) is 1. The summed E-state index contributed by atoms with van der Waals surface area (Å²) >= 11 is 0. The van der Waals surface area contributed by atoms with E-state index in [1.807, 2.05) is 6.08 Å². The lowest BCUT2D eigenvalue weighted by atomic mass is 9.70. The topological polar surface area (TPSA) is 9.23 Å². The zero-order valence-electron chi connectivity index (χ0n) is 13.2. The Bertz CT molecular complexity index is 291. The first kappa shape index (κ1) is 15.8. The maximum Gasteiger partial charge on any atom is 0.0648 e. The summed E-state index contributed by atoms with van der Waals surface area (Å²) in [5.74, 6) is 2.86. The number of ether oxygens (including phenoxy) is 1. The molecule has 0 spiro atoms.